The van der Waals surface area contributed by atoms with E-state index in [4.69, 9.17) is 0 Å². The number of nitrogens with zero attached hydrogens (tertiary/aromatic N) is 1. The van der Waals surface area contributed by atoms with Crippen LogP contribution in [-0.4, -0.2) is 10.2 Å². The normalized spacial score (nSPS) is 9.33. The molecule has 0 aliphatic carbocycles. The summed E-state index contributed by atoms with van der Waals surface area (Å²) in [6.07, 6.45) is 1.64. The van der Waals surface area contributed by atoms with Gasteiger partial charge >= 0.3 is 0 Å². The zero-order valence-corrected chi connectivity index (χ0v) is 8.28. The number of aromatic amines is 1. The van der Waals surface area contributed by atoms with Crippen LogP contribution in [0.5, 0.6) is 0 Å². The number of H-pyrrole nitrogens is 1. The SMILES string of the molecule is O=c1[nH]ncc2ccccc12.[I-]. The van der Waals surface area contributed by atoms with Crippen molar-refractivity contribution in [2.45, 2.75) is 0 Å². The summed E-state index contributed by atoms with van der Waals surface area (Å²) in [5.74, 6) is 0. The van der Waals surface area contributed by atoms with Gasteiger partial charge in [-0.1, -0.05) is 18.2 Å². The van der Waals surface area contributed by atoms with Gasteiger partial charge < -0.3 is 24.0 Å². The highest BCUT2D eigenvalue weighted by molar-refractivity contribution is 5.80. The minimum atomic E-state index is -0.136. The first-order valence-electron chi connectivity index (χ1n) is 3.30. The minimum Gasteiger partial charge on any atom is -1.00 e. The number of benzene rings is 1. The first kappa shape index (κ1) is 9.18. The van der Waals surface area contributed by atoms with Gasteiger partial charge in [0.05, 0.1) is 6.20 Å². The molecule has 0 radical (unpaired) electrons. The first-order valence-corrected chi connectivity index (χ1v) is 3.30. The van der Waals surface area contributed by atoms with Crippen LogP contribution in [0, 0.1) is 0 Å². The van der Waals surface area contributed by atoms with E-state index in [0.29, 0.717) is 5.39 Å². The summed E-state index contributed by atoms with van der Waals surface area (Å²) in [4.78, 5) is 11.1. The van der Waals surface area contributed by atoms with E-state index in [2.05, 4.69) is 10.2 Å². The fraction of sp³-hybridized carbons (Fsp3) is 0. The van der Waals surface area contributed by atoms with Gasteiger partial charge in [0.15, 0.2) is 0 Å². The Kier molecular flexibility index (Phi) is 2.80. The summed E-state index contributed by atoms with van der Waals surface area (Å²) in [6, 6.07) is 7.34. The molecule has 12 heavy (non-hydrogen) atoms. The molecule has 2 aromatic rings. The molecule has 62 valence electrons. The molecular formula is C8H6IN2O-. The van der Waals surface area contributed by atoms with Crippen LogP contribution in [-0.2, 0) is 0 Å². The Morgan fingerprint density at radius 2 is 2.00 bits per heavy atom. The number of hydrogen-bond donors (Lipinski definition) is 1. The van der Waals surface area contributed by atoms with E-state index in [-0.39, 0.29) is 29.5 Å². The number of halogens is 1. The lowest BCUT2D eigenvalue weighted by Gasteiger charge is -1.91. The van der Waals surface area contributed by atoms with E-state index in [1.54, 1.807) is 12.3 Å². The number of aromatic nitrogens is 2. The Balaban J connectivity index is 0.000000720. The number of rotatable bonds is 0. The highest BCUT2D eigenvalue weighted by Crippen LogP contribution is 2.04. The van der Waals surface area contributed by atoms with Crippen LogP contribution in [0.3, 0.4) is 0 Å². The van der Waals surface area contributed by atoms with E-state index in [1.807, 2.05) is 18.2 Å². The van der Waals surface area contributed by atoms with Crippen LogP contribution in [0.2, 0.25) is 0 Å². The van der Waals surface area contributed by atoms with Crippen molar-refractivity contribution >= 4 is 10.8 Å². The Bertz CT molecular complexity index is 433. The predicted molar refractivity (Wildman–Crippen MR) is 42.4 cm³/mol. The van der Waals surface area contributed by atoms with Crippen LogP contribution >= 0.6 is 0 Å². The summed E-state index contributed by atoms with van der Waals surface area (Å²) in [7, 11) is 0. The van der Waals surface area contributed by atoms with Gasteiger partial charge in [-0.15, -0.1) is 0 Å². The summed E-state index contributed by atoms with van der Waals surface area (Å²) in [5, 5.41) is 7.60. The van der Waals surface area contributed by atoms with Crippen LogP contribution in [0.4, 0.5) is 0 Å². The molecule has 1 aromatic carbocycles. The standard InChI is InChI=1S/C8H6N2O.HI/c11-8-7-4-2-1-3-6(7)5-9-10-8;/h1-5H,(H,10,11);1H/p-1. The average Bonchev–Trinajstić information content (AvgIpc) is 2.06. The molecule has 0 aliphatic rings. The third-order valence-electron chi connectivity index (χ3n) is 1.58. The van der Waals surface area contributed by atoms with Crippen molar-refractivity contribution in [1.82, 2.24) is 10.2 Å². The summed E-state index contributed by atoms with van der Waals surface area (Å²) in [5.41, 5.74) is -0.136. The van der Waals surface area contributed by atoms with E-state index >= 15 is 0 Å². The summed E-state index contributed by atoms with van der Waals surface area (Å²) in [6.45, 7) is 0. The van der Waals surface area contributed by atoms with Gasteiger partial charge in [-0.3, -0.25) is 4.79 Å². The van der Waals surface area contributed by atoms with Crippen molar-refractivity contribution in [1.29, 1.82) is 0 Å². The second-order valence-corrected chi connectivity index (χ2v) is 2.29. The molecular weight excluding hydrogens is 267 g/mol. The summed E-state index contributed by atoms with van der Waals surface area (Å²) < 4.78 is 0. The van der Waals surface area contributed by atoms with Gasteiger partial charge in [0.1, 0.15) is 0 Å². The monoisotopic (exact) mass is 273 g/mol. The first-order chi connectivity index (χ1) is 5.38. The lowest BCUT2D eigenvalue weighted by atomic mass is 10.2. The van der Waals surface area contributed by atoms with Crippen molar-refractivity contribution < 1.29 is 24.0 Å². The van der Waals surface area contributed by atoms with Gasteiger partial charge in [0.25, 0.3) is 5.56 Å². The molecule has 0 unspecified atom stereocenters. The van der Waals surface area contributed by atoms with Gasteiger partial charge in [0.2, 0.25) is 0 Å². The Hall–Kier alpha value is -0.910. The molecule has 2 rings (SSSR count). The molecule has 4 heteroatoms. The minimum absolute atomic E-state index is 0. The molecule has 0 saturated heterocycles. The van der Waals surface area contributed by atoms with Crippen molar-refractivity contribution in [3.05, 3.63) is 40.8 Å². The third kappa shape index (κ3) is 1.47. The molecule has 0 fully saturated rings. The lowest BCUT2D eigenvalue weighted by molar-refractivity contribution is -0.00000229. The molecule has 0 atom stereocenters. The fourth-order valence-electron chi connectivity index (χ4n) is 1.04. The van der Waals surface area contributed by atoms with Crippen molar-refractivity contribution in [2.24, 2.45) is 0 Å². The van der Waals surface area contributed by atoms with Crippen molar-refractivity contribution in [3.63, 3.8) is 0 Å². The van der Waals surface area contributed by atoms with Gasteiger partial charge in [-0.2, -0.15) is 5.10 Å². The quantitative estimate of drug-likeness (QED) is 0.560. The maximum atomic E-state index is 11.1. The number of hydrogen-bond acceptors (Lipinski definition) is 2. The van der Waals surface area contributed by atoms with Gasteiger partial charge in [-0.05, 0) is 6.07 Å². The molecule has 0 saturated carbocycles. The molecule has 3 nitrogen and oxygen atoms in total. The van der Waals surface area contributed by atoms with Gasteiger partial charge in [-0.25, -0.2) is 5.10 Å². The molecule has 0 amide bonds. The highest BCUT2D eigenvalue weighted by atomic mass is 127. The predicted octanol–water partition coefficient (Wildman–Crippen LogP) is -2.07. The van der Waals surface area contributed by atoms with E-state index in [0.717, 1.165) is 5.39 Å². The molecule has 0 aliphatic heterocycles. The maximum absolute atomic E-state index is 11.1. The largest absolute Gasteiger partial charge is 1.00 e. The number of nitrogens with one attached hydrogen (secondary N) is 1. The number of fused-ring (bicyclic) bond motifs is 1. The lowest BCUT2D eigenvalue weighted by Crippen LogP contribution is -3.00. The Morgan fingerprint density at radius 3 is 2.75 bits per heavy atom. The second-order valence-electron chi connectivity index (χ2n) is 2.29. The van der Waals surface area contributed by atoms with E-state index in [9.17, 15) is 4.79 Å². The molecule has 1 N–H and O–H groups in total. The van der Waals surface area contributed by atoms with Gasteiger partial charge in [0, 0.05) is 10.8 Å². The molecule has 0 spiro atoms. The average molecular weight is 273 g/mol. The Morgan fingerprint density at radius 1 is 1.25 bits per heavy atom. The van der Waals surface area contributed by atoms with E-state index < -0.39 is 0 Å². The third-order valence-corrected chi connectivity index (χ3v) is 1.58. The van der Waals surface area contributed by atoms with Crippen molar-refractivity contribution in [2.75, 3.05) is 0 Å². The zero-order chi connectivity index (χ0) is 7.68. The maximum Gasteiger partial charge on any atom is 0.272 e. The summed E-state index contributed by atoms with van der Waals surface area (Å²) >= 11 is 0. The van der Waals surface area contributed by atoms with Crippen LogP contribution in [0.1, 0.15) is 0 Å². The highest BCUT2D eigenvalue weighted by Gasteiger charge is 1.93. The van der Waals surface area contributed by atoms with Crippen LogP contribution in [0.15, 0.2) is 35.3 Å². The molecule has 0 bridgehead atoms. The van der Waals surface area contributed by atoms with Crippen molar-refractivity contribution in [3.8, 4) is 0 Å². The fourth-order valence-corrected chi connectivity index (χ4v) is 1.04. The smallest absolute Gasteiger partial charge is 0.272 e. The molecule has 1 heterocycles. The van der Waals surface area contributed by atoms with Crippen LogP contribution in [0.25, 0.3) is 10.8 Å². The topological polar surface area (TPSA) is 45.8 Å². The zero-order valence-electron chi connectivity index (χ0n) is 6.12. The second kappa shape index (κ2) is 3.66. The van der Waals surface area contributed by atoms with E-state index in [1.165, 1.54) is 0 Å². The van der Waals surface area contributed by atoms with Crippen LogP contribution < -0.4 is 29.5 Å². The molecule has 1 aromatic heterocycles. The Labute approximate surface area is 85.8 Å².